The number of sulfonamides is 1. The lowest BCUT2D eigenvalue weighted by Crippen LogP contribution is -2.25. The van der Waals surface area contributed by atoms with Crippen LogP contribution in [0.1, 0.15) is 11.8 Å². The highest BCUT2D eigenvalue weighted by atomic mass is 32.2. The van der Waals surface area contributed by atoms with Crippen LogP contribution in [0.15, 0.2) is 46.7 Å². The predicted molar refractivity (Wildman–Crippen MR) is 80.8 cm³/mol. The molecular weight excluding hydrogens is 294 g/mol. The quantitative estimate of drug-likeness (QED) is 0.855. The zero-order valence-corrected chi connectivity index (χ0v) is 12.8. The van der Waals surface area contributed by atoms with E-state index in [9.17, 15) is 8.42 Å². The van der Waals surface area contributed by atoms with Gasteiger partial charge in [0.2, 0.25) is 10.0 Å². The molecule has 0 unspecified atom stereocenters. The van der Waals surface area contributed by atoms with Gasteiger partial charge in [-0.15, -0.1) is 11.3 Å². The van der Waals surface area contributed by atoms with Gasteiger partial charge in [-0.3, -0.25) is 0 Å². The Hall–Kier alpha value is -1.37. The molecule has 0 amide bonds. The second kappa shape index (κ2) is 6.88. The van der Waals surface area contributed by atoms with Crippen LogP contribution in [0, 0.1) is 0 Å². The molecule has 1 heterocycles. The number of hydrogen-bond donors (Lipinski definition) is 1. The van der Waals surface area contributed by atoms with Crippen molar-refractivity contribution < 1.29 is 13.2 Å². The SMILES string of the molecule is CCOc1ccc(S(=O)(=O)NCCc2cccs2)cc1. The first-order chi connectivity index (χ1) is 9.62. The average Bonchev–Trinajstić information content (AvgIpc) is 2.93. The molecule has 1 aromatic carbocycles. The third-order valence-electron chi connectivity index (χ3n) is 2.69. The Labute approximate surface area is 123 Å². The molecule has 4 nitrogen and oxygen atoms in total. The maximum absolute atomic E-state index is 12.1. The van der Waals surface area contributed by atoms with Crippen molar-refractivity contribution in [3.63, 3.8) is 0 Å². The highest BCUT2D eigenvalue weighted by Crippen LogP contribution is 2.16. The summed E-state index contributed by atoms with van der Waals surface area (Å²) in [6, 6.07) is 10.4. The third-order valence-corrected chi connectivity index (χ3v) is 5.10. The van der Waals surface area contributed by atoms with Crippen molar-refractivity contribution in [1.82, 2.24) is 4.72 Å². The molecule has 108 valence electrons. The van der Waals surface area contributed by atoms with E-state index in [1.807, 2.05) is 24.4 Å². The van der Waals surface area contributed by atoms with E-state index in [0.717, 1.165) is 0 Å². The molecule has 0 bridgehead atoms. The molecule has 0 aliphatic rings. The molecule has 0 atom stereocenters. The van der Waals surface area contributed by atoms with Crippen molar-refractivity contribution in [1.29, 1.82) is 0 Å². The molecule has 0 saturated heterocycles. The van der Waals surface area contributed by atoms with Crippen LogP contribution in [0.5, 0.6) is 5.75 Å². The Morgan fingerprint density at radius 1 is 1.20 bits per heavy atom. The molecule has 0 saturated carbocycles. The van der Waals surface area contributed by atoms with Crippen molar-refractivity contribution in [2.75, 3.05) is 13.2 Å². The molecule has 0 aliphatic carbocycles. The standard InChI is InChI=1S/C14H17NO3S2/c1-2-18-12-5-7-14(8-6-12)20(16,17)15-10-9-13-4-3-11-19-13/h3-8,11,15H,2,9-10H2,1H3. The van der Waals surface area contributed by atoms with E-state index < -0.39 is 10.0 Å². The Kier molecular flexibility index (Phi) is 5.17. The molecule has 6 heteroatoms. The van der Waals surface area contributed by atoms with Crippen molar-refractivity contribution in [2.24, 2.45) is 0 Å². The number of hydrogen-bond acceptors (Lipinski definition) is 4. The first kappa shape index (κ1) is 15.0. The summed E-state index contributed by atoms with van der Waals surface area (Å²) in [5.74, 6) is 0.671. The molecule has 0 radical (unpaired) electrons. The topological polar surface area (TPSA) is 55.4 Å². The van der Waals surface area contributed by atoms with Crippen LogP contribution in [0.25, 0.3) is 0 Å². The highest BCUT2D eigenvalue weighted by molar-refractivity contribution is 7.89. The van der Waals surface area contributed by atoms with Gasteiger partial charge in [-0.1, -0.05) is 6.07 Å². The van der Waals surface area contributed by atoms with Crippen LogP contribution in [0.2, 0.25) is 0 Å². The molecular formula is C14H17NO3S2. The zero-order valence-electron chi connectivity index (χ0n) is 11.2. The van der Waals surface area contributed by atoms with Crippen molar-refractivity contribution in [3.05, 3.63) is 46.7 Å². The number of rotatable bonds is 7. The maximum Gasteiger partial charge on any atom is 0.240 e. The first-order valence-corrected chi connectivity index (χ1v) is 8.73. The number of thiophene rings is 1. The number of nitrogens with one attached hydrogen (secondary N) is 1. The van der Waals surface area contributed by atoms with Gasteiger partial charge in [0.25, 0.3) is 0 Å². The van der Waals surface area contributed by atoms with E-state index in [-0.39, 0.29) is 4.90 Å². The molecule has 20 heavy (non-hydrogen) atoms. The fourth-order valence-corrected chi connectivity index (χ4v) is 3.47. The predicted octanol–water partition coefficient (Wildman–Crippen LogP) is 2.67. The second-order valence-electron chi connectivity index (χ2n) is 4.13. The van der Waals surface area contributed by atoms with Crippen molar-refractivity contribution in [3.8, 4) is 5.75 Å². The lowest BCUT2D eigenvalue weighted by atomic mass is 10.3. The summed E-state index contributed by atoms with van der Waals surface area (Å²) >= 11 is 1.63. The summed E-state index contributed by atoms with van der Waals surface area (Å²) in [6.07, 6.45) is 0.702. The lowest BCUT2D eigenvalue weighted by molar-refractivity contribution is 0.340. The summed E-state index contributed by atoms with van der Waals surface area (Å²) in [7, 11) is -3.45. The monoisotopic (exact) mass is 311 g/mol. The Balaban J connectivity index is 1.95. The molecule has 0 spiro atoms. The second-order valence-corrected chi connectivity index (χ2v) is 6.93. The van der Waals surface area contributed by atoms with Gasteiger partial charge in [-0.2, -0.15) is 0 Å². The van der Waals surface area contributed by atoms with Gasteiger partial charge < -0.3 is 4.74 Å². The fourth-order valence-electron chi connectivity index (χ4n) is 1.73. The molecule has 0 aliphatic heterocycles. The van der Waals surface area contributed by atoms with E-state index in [0.29, 0.717) is 25.3 Å². The van der Waals surface area contributed by atoms with Gasteiger partial charge in [0, 0.05) is 11.4 Å². The minimum Gasteiger partial charge on any atom is -0.494 e. The van der Waals surface area contributed by atoms with E-state index in [1.54, 1.807) is 35.6 Å². The number of ether oxygens (including phenoxy) is 1. The van der Waals surface area contributed by atoms with Gasteiger partial charge in [0.05, 0.1) is 11.5 Å². The summed E-state index contributed by atoms with van der Waals surface area (Å²) < 4.78 is 32.1. The van der Waals surface area contributed by atoms with Gasteiger partial charge in [0.15, 0.2) is 0 Å². The van der Waals surface area contributed by atoms with E-state index in [4.69, 9.17) is 4.74 Å². The Bertz CT molecular complexity index is 619. The highest BCUT2D eigenvalue weighted by Gasteiger charge is 2.13. The van der Waals surface area contributed by atoms with Crippen LogP contribution < -0.4 is 9.46 Å². The van der Waals surface area contributed by atoms with Crippen LogP contribution in [-0.2, 0) is 16.4 Å². The Morgan fingerprint density at radius 2 is 1.95 bits per heavy atom. The maximum atomic E-state index is 12.1. The molecule has 2 rings (SSSR count). The van der Waals surface area contributed by atoms with Crippen LogP contribution in [0.4, 0.5) is 0 Å². The van der Waals surface area contributed by atoms with Gasteiger partial charge >= 0.3 is 0 Å². The van der Waals surface area contributed by atoms with Crippen LogP contribution in [0.3, 0.4) is 0 Å². The summed E-state index contributed by atoms with van der Waals surface area (Å²) in [5, 5.41) is 1.98. The van der Waals surface area contributed by atoms with E-state index in [1.165, 1.54) is 4.88 Å². The normalized spacial score (nSPS) is 11.4. The minimum atomic E-state index is -3.45. The van der Waals surface area contributed by atoms with Crippen LogP contribution in [-0.4, -0.2) is 21.6 Å². The van der Waals surface area contributed by atoms with E-state index >= 15 is 0 Å². The van der Waals surface area contributed by atoms with Gasteiger partial charge in [-0.25, -0.2) is 13.1 Å². The van der Waals surface area contributed by atoms with Crippen LogP contribution >= 0.6 is 11.3 Å². The van der Waals surface area contributed by atoms with Crippen molar-refractivity contribution in [2.45, 2.75) is 18.2 Å². The molecule has 2 aromatic rings. The summed E-state index contributed by atoms with van der Waals surface area (Å²) in [4.78, 5) is 1.42. The smallest absolute Gasteiger partial charge is 0.240 e. The summed E-state index contributed by atoms with van der Waals surface area (Å²) in [5.41, 5.74) is 0. The first-order valence-electron chi connectivity index (χ1n) is 6.37. The third kappa shape index (κ3) is 4.06. The molecule has 1 N–H and O–H groups in total. The molecule has 1 aromatic heterocycles. The lowest BCUT2D eigenvalue weighted by Gasteiger charge is -2.07. The Morgan fingerprint density at radius 3 is 2.55 bits per heavy atom. The average molecular weight is 311 g/mol. The van der Waals surface area contributed by atoms with Gasteiger partial charge in [0.1, 0.15) is 5.75 Å². The zero-order chi connectivity index (χ0) is 14.4. The molecule has 0 fully saturated rings. The van der Waals surface area contributed by atoms with E-state index in [2.05, 4.69) is 4.72 Å². The number of benzene rings is 1. The minimum absolute atomic E-state index is 0.257. The summed E-state index contributed by atoms with van der Waals surface area (Å²) in [6.45, 7) is 2.85. The fraction of sp³-hybridized carbons (Fsp3) is 0.286. The van der Waals surface area contributed by atoms with Gasteiger partial charge in [-0.05, 0) is 49.1 Å². The van der Waals surface area contributed by atoms with Crippen molar-refractivity contribution >= 4 is 21.4 Å². The largest absolute Gasteiger partial charge is 0.494 e.